The van der Waals surface area contributed by atoms with Crippen LogP contribution < -0.4 is 5.32 Å². The molecule has 0 saturated carbocycles. The van der Waals surface area contributed by atoms with E-state index in [4.69, 9.17) is 0 Å². The Morgan fingerprint density at radius 2 is 1.88 bits per heavy atom. The Hall–Kier alpha value is -1.36. The predicted molar refractivity (Wildman–Crippen MR) is 111 cm³/mol. The van der Waals surface area contributed by atoms with E-state index in [9.17, 15) is 4.79 Å². The van der Waals surface area contributed by atoms with Gasteiger partial charge in [-0.3, -0.25) is 9.78 Å². The molecule has 6 heteroatoms. The number of carbonyl (C=O) groups excluding carboxylic acids is 1. The van der Waals surface area contributed by atoms with Crippen molar-refractivity contribution >= 4 is 41.6 Å². The second-order valence-electron chi connectivity index (χ2n) is 7.16. The number of nitrogens with zero attached hydrogens (tertiary/aromatic N) is 2. The lowest BCUT2D eigenvalue weighted by atomic mass is 9.88. The van der Waals surface area contributed by atoms with Crippen molar-refractivity contribution in [3.8, 4) is 0 Å². The molecule has 2 aromatic rings. The molecule has 0 radical (unpaired) electrons. The van der Waals surface area contributed by atoms with Crippen molar-refractivity contribution in [3.05, 3.63) is 41.6 Å². The fraction of sp³-hybridized carbons (Fsp3) is 0.500. The minimum absolute atomic E-state index is 0. The summed E-state index contributed by atoms with van der Waals surface area (Å²) >= 11 is 0. The first-order chi connectivity index (χ1) is 11.7. The van der Waals surface area contributed by atoms with Crippen molar-refractivity contribution < 1.29 is 4.79 Å². The molecule has 142 valence electrons. The van der Waals surface area contributed by atoms with Crippen LogP contribution in [-0.2, 0) is 0 Å². The quantitative estimate of drug-likeness (QED) is 0.835. The number of fused-ring (bicyclic) bond motifs is 1. The molecule has 1 amide bonds. The van der Waals surface area contributed by atoms with Gasteiger partial charge in [0.1, 0.15) is 0 Å². The first-order valence-corrected chi connectivity index (χ1v) is 9.11. The van der Waals surface area contributed by atoms with Gasteiger partial charge in [0.2, 0.25) is 0 Å². The number of amides is 1. The lowest BCUT2D eigenvalue weighted by Crippen LogP contribution is -2.43. The van der Waals surface area contributed by atoms with E-state index in [-0.39, 0.29) is 30.7 Å². The van der Waals surface area contributed by atoms with Crippen LogP contribution in [0.3, 0.4) is 0 Å². The number of carbonyl (C=O) groups is 1. The number of hydrogen-bond acceptors (Lipinski definition) is 3. The van der Waals surface area contributed by atoms with Crippen LogP contribution in [0.5, 0.6) is 0 Å². The largest absolute Gasteiger partial charge is 0.339 e. The zero-order valence-electron chi connectivity index (χ0n) is 15.1. The minimum Gasteiger partial charge on any atom is -0.339 e. The van der Waals surface area contributed by atoms with Gasteiger partial charge in [-0.2, -0.15) is 0 Å². The van der Waals surface area contributed by atoms with Gasteiger partial charge in [0.15, 0.2) is 0 Å². The molecule has 2 aliphatic heterocycles. The number of pyridine rings is 1. The third kappa shape index (κ3) is 4.13. The van der Waals surface area contributed by atoms with E-state index in [1.165, 1.54) is 12.8 Å². The molecule has 4 rings (SSSR count). The van der Waals surface area contributed by atoms with Gasteiger partial charge < -0.3 is 10.2 Å². The van der Waals surface area contributed by atoms with E-state index in [1.54, 1.807) is 0 Å². The Morgan fingerprint density at radius 1 is 1.15 bits per heavy atom. The number of rotatable bonds is 2. The van der Waals surface area contributed by atoms with Crippen LogP contribution in [0.4, 0.5) is 0 Å². The molecule has 1 aromatic carbocycles. The normalized spacial score (nSPS) is 20.5. The average Bonchev–Trinajstić information content (AvgIpc) is 3.15. The Balaban J connectivity index is 0.00000121. The molecule has 1 aromatic heterocycles. The number of benzene rings is 1. The molecule has 26 heavy (non-hydrogen) atoms. The summed E-state index contributed by atoms with van der Waals surface area (Å²) in [5.74, 6) is 0.891. The van der Waals surface area contributed by atoms with E-state index < -0.39 is 0 Å². The molecule has 0 bridgehead atoms. The summed E-state index contributed by atoms with van der Waals surface area (Å²) in [5.41, 5.74) is 2.61. The summed E-state index contributed by atoms with van der Waals surface area (Å²) in [6.45, 7) is 4.86. The van der Waals surface area contributed by atoms with Gasteiger partial charge in [-0.25, -0.2) is 0 Å². The zero-order valence-corrected chi connectivity index (χ0v) is 16.7. The summed E-state index contributed by atoms with van der Waals surface area (Å²) in [7, 11) is 0. The second kappa shape index (κ2) is 9.03. The smallest absolute Gasteiger partial charge is 0.254 e. The molecule has 1 atom stereocenters. The van der Waals surface area contributed by atoms with E-state index in [2.05, 4.69) is 10.3 Å². The van der Waals surface area contributed by atoms with E-state index in [0.717, 1.165) is 60.6 Å². The van der Waals surface area contributed by atoms with E-state index in [1.807, 2.05) is 42.2 Å². The molecule has 3 heterocycles. The first-order valence-electron chi connectivity index (χ1n) is 9.11. The SMILES string of the molecule is Cc1cc(C(=O)N2CCC(C3CCCN3)CC2)c2ccccc2n1.Cl.Cl. The lowest BCUT2D eigenvalue weighted by Gasteiger charge is -2.35. The predicted octanol–water partition coefficient (Wildman–Crippen LogP) is 3.99. The molecule has 4 nitrogen and oxygen atoms in total. The second-order valence-corrected chi connectivity index (χ2v) is 7.16. The fourth-order valence-electron chi connectivity index (χ4n) is 4.27. The number of hydrogen-bond donors (Lipinski definition) is 1. The van der Waals surface area contributed by atoms with Gasteiger partial charge in [0.25, 0.3) is 5.91 Å². The van der Waals surface area contributed by atoms with Crippen LogP contribution in [0, 0.1) is 12.8 Å². The van der Waals surface area contributed by atoms with Crippen molar-refractivity contribution in [2.75, 3.05) is 19.6 Å². The highest BCUT2D eigenvalue weighted by Crippen LogP contribution is 2.27. The number of aryl methyl sites for hydroxylation is 1. The third-order valence-electron chi connectivity index (χ3n) is 5.57. The maximum Gasteiger partial charge on any atom is 0.254 e. The standard InChI is InChI=1S/C20H25N3O.2ClH/c1-14-13-17(16-5-2-3-6-19(16)22-14)20(24)23-11-8-15(9-12-23)18-7-4-10-21-18;;/h2-3,5-6,13,15,18,21H,4,7-12H2,1H3;2*1H. The van der Waals surface area contributed by atoms with Gasteiger partial charge in [-0.15, -0.1) is 24.8 Å². The Labute approximate surface area is 167 Å². The van der Waals surface area contributed by atoms with Crippen molar-refractivity contribution in [2.24, 2.45) is 5.92 Å². The van der Waals surface area contributed by atoms with Crippen molar-refractivity contribution in [3.63, 3.8) is 0 Å². The van der Waals surface area contributed by atoms with Crippen LogP contribution >= 0.6 is 24.8 Å². The first kappa shape index (κ1) is 20.9. The number of likely N-dealkylation sites (tertiary alicyclic amines) is 1. The summed E-state index contributed by atoms with van der Waals surface area (Å²) in [6, 6.07) is 10.6. The Bertz CT molecular complexity index is 754. The molecular formula is C20H27Cl2N3O. The van der Waals surface area contributed by atoms with Gasteiger partial charge in [0.05, 0.1) is 11.1 Å². The lowest BCUT2D eigenvalue weighted by molar-refractivity contribution is 0.0676. The molecule has 1 N–H and O–H groups in total. The van der Waals surface area contributed by atoms with Gasteiger partial charge >= 0.3 is 0 Å². The highest BCUT2D eigenvalue weighted by molar-refractivity contribution is 6.06. The van der Waals surface area contributed by atoms with Crippen LogP contribution in [0.2, 0.25) is 0 Å². The maximum absolute atomic E-state index is 13.1. The molecule has 2 fully saturated rings. The maximum atomic E-state index is 13.1. The molecule has 2 saturated heterocycles. The van der Waals surface area contributed by atoms with Crippen molar-refractivity contribution in [1.29, 1.82) is 0 Å². The van der Waals surface area contributed by atoms with E-state index in [0.29, 0.717) is 6.04 Å². The van der Waals surface area contributed by atoms with Crippen molar-refractivity contribution in [2.45, 2.75) is 38.6 Å². The molecule has 2 aliphatic rings. The zero-order chi connectivity index (χ0) is 16.5. The van der Waals surface area contributed by atoms with Gasteiger partial charge in [-0.05, 0) is 57.2 Å². The number of piperidine rings is 1. The number of halogens is 2. The number of nitrogens with one attached hydrogen (secondary N) is 1. The summed E-state index contributed by atoms with van der Waals surface area (Å²) in [6.07, 6.45) is 4.83. The molecule has 0 aliphatic carbocycles. The van der Waals surface area contributed by atoms with Crippen LogP contribution in [0.25, 0.3) is 10.9 Å². The minimum atomic E-state index is 0. The van der Waals surface area contributed by atoms with E-state index >= 15 is 0 Å². The number of aromatic nitrogens is 1. The summed E-state index contributed by atoms with van der Waals surface area (Å²) in [5, 5.41) is 4.59. The van der Waals surface area contributed by atoms with Crippen LogP contribution in [0.15, 0.2) is 30.3 Å². The Kier molecular flexibility index (Phi) is 7.27. The topological polar surface area (TPSA) is 45.2 Å². The number of para-hydroxylation sites is 1. The van der Waals surface area contributed by atoms with Crippen LogP contribution in [0.1, 0.15) is 41.7 Å². The Morgan fingerprint density at radius 3 is 2.58 bits per heavy atom. The van der Waals surface area contributed by atoms with Crippen molar-refractivity contribution in [1.82, 2.24) is 15.2 Å². The highest BCUT2D eigenvalue weighted by atomic mass is 35.5. The van der Waals surface area contributed by atoms with Gasteiger partial charge in [0, 0.05) is 30.2 Å². The third-order valence-corrected chi connectivity index (χ3v) is 5.57. The van der Waals surface area contributed by atoms with Crippen LogP contribution in [-0.4, -0.2) is 41.5 Å². The molecule has 1 unspecified atom stereocenters. The summed E-state index contributed by atoms with van der Waals surface area (Å²) < 4.78 is 0. The average molecular weight is 396 g/mol. The highest BCUT2D eigenvalue weighted by Gasteiger charge is 2.30. The molecule has 0 spiro atoms. The molecular weight excluding hydrogens is 369 g/mol. The fourth-order valence-corrected chi connectivity index (χ4v) is 4.27. The van der Waals surface area contributed by atoms with Gasteiger partial charge in [-0.1, -0.05) is 18.2 Å². The summed E-state index contributed by atoms with van der Waals surface area (Å²) in [4.78, 5) is 19.7. The monoisotopic (exact) mass is 395 g/mol.